The summed E-state index contributed by atoms with van der Waals surface area (Å²) in [6, 6.07) is 42.7. The maximum Gasteiger partial charge on any atom is 0.335 e. The highest BCUT2D eigenvalue weighted by Gasteiger charge is 2.25. The molecular weight excluding hydrogens is 633 g/mol. The van der Waals surface area contributed by atoms with Gasteiger partial charge in [-0.1, -0.05) is 135 Å². The van der Waals surface area contributed by atoms with Crippen LogP contribution in [0.4, 0.5) is 0 Å². The summed E-state index contributed by atoms with van der Waals surface area (Å²) in [7, 11) is 0. The number of hydrogen-bond donors (Lipinski definition) is 0. The average molecular weight is 681 g/mol. The zero-order chi connectivity index (χ0) is 35.6. The van der Waals surface area contributed by atoms with E-state index < -0.39 is 6.10 Å². The topological polar surface area (TPSA) is 54.0 Å². The van der Waals surface area contributed by atoms with E-state index in [4.69, 9.17) is 18.9 Å². The normalized spacial score (nSPS) is 15.2. The molecule has 5 nitrogen and oxygen atoms in total. The smallest absolute Gasteiger partial charge is 0.335 e. The fourth-order valence-corrected chi connectivity index (χ4v) is 6.79. The van der Waals surface area contributed by atoms with Crippen LogP contribution in [0.2, 0.25) is 0 Å². The van der Waals surface area contributed by atoms with E-state index in [1.807, 2.05) is 31.2 Å². The highest BCUT2D eigenvalue weighted by Crippen LogP contribution is 2.39. The van der Waals surface area contributed by atoms with Crippen LogP contribution >= 0.6 is 0 Å². The number of ether oxygens (including phenoxy) is 4. The van der Waals surface area contributed by atoms with Gasteiger partial charge in [0.25, 0.3) is 0 Å². The predicted molar refractivity (Wildman–Crippen MR) is 205 cm³/mol. The van der Waals surface area contributed by atoms with Gasteiger partial charge >= 0.3 is 5.97 Å². The van der Waals surface area contributed by atoms with Crippen LogP contribution in [0, 0.1) is 0 Å². The first-order chi connectivity index (χ1) is 24.9. The molecule has 5 aromatic carbocycles. The second-order valence-corrected chi connectivity index (χ2v) is 13.0. The van der Waals surface area contributed by atoms with Crippen molar-refractivity contribution in [2.75, 3.05) is 26.4 Å². The van der Waals surface area contributed by atoms with Gasteiger partial charge in [0.05, 0.1) is 13.2 Å². The largest absolute Gasteiger partial charge is 0.491 e. The Bertz CT molecular complexity index is 1800. The maximum atomic E-state index is 12.3. The van der Waals surface area contributed by atoms with Crippen molar-refractivity contribution in [1.82, 2.24) is 0 Å². The standard InChI is InChI=1S/C46H48O5/c1-5-48-44(46(47)49-6-2)29-34-17-23-41(24-18-34)50-27-28-51-45-42-25-21-37(32(3)35-13-9-7-10-14-35)30-39(42)19-20-40-31-38(22-26-43(40)45)33(4)36-15-11-8-12-16-36/h7-26,30-33,44-45H,5-6,27-29H2,1-4H3. The Hall–Kier alpha value is -4.97. The summed E-state index contributed by atoms with van der Waals surface area (Å²) in [4.78, 5) is 12.3. The molecule has 0 saturated heterocycles. The summed E-state index contributed by atoms with van der Waals surface area (Å²) >= 11 is 0. The lowest BCUT2D eigenvalue weighted by molar-refractivity contribution is -0.156. The summed E-state index contributed by atoms with van der Waals surface area (Å²) in [6.07, 6.45) is 4.06. The van der Waals surface area contributed by atoms with Gasteiger partial charge in [-0.3, -0.25) is 0 Å². The zero-order valence-electron chi connectivity index (χ0n) is 30.1. The van der Waals surface area contributed by atoms with Gasteiger partial charge in [-0.05, 0) is 76.1 Å². The molecule has 6 rings (SSSR count). The molecule has 262 valence electrons. The molecule has 0 radical (unpaired) electrons. The van der Waals surface area contributed by atoms with Crippen molar-refractivity contribution in [2.45, 2.75) is 58.2 Å². The second kappa shape index (κ2) is 17.3. The van der Waals surface area contributed by atoms with Crippen molar-refractivity contribution in [3.63, 3.8) is 0 Å². The van der Waals surface area contributed by atoms with Crippen LogP contribution in [0.1, 0.15) is 95.7 Å². The zero-order valence-corrected chi connectivity index (χ0v) is 30.1. The first-order valence-corrected chi connectivity index (χ1v) is 18.1. The molecule has 3 atom stereocenters. The minimum absolute atomic E-state index is 0.253. The minimum atomic E-state index is -0.620. The van der Waals surface area contributed by atoms with E-state index in [-0.39, 0.29) is 23.9 Å². The van der Waals surface area contributed by atoms with Crippen molar-refractivity contribution < 1.29 is 23.7 Å². The van der Waals surface area contributed by atoms with Gasteiger partial charge in [-0.15, -0.1) is 0 Å². The van der Waals surface area contributed by atoms with Crippen molar-refractivity contribution in [3.05, 3.63) is 171 Å². The predicted octanol–water partition coefficient (Wildman–Crippen LogP) is 10.2. The minimum Gasteiger partial charge on any atom is -0.491 e. The lowest BCUT2D eigenvalue weighted by Crippen LogP contribution is -2.28. The van der Waals surface area contributed by atoms with E-state index in [0.717, 1.165) is 22.4 Å². The summed E-state index contributed by atoms with van der Waals surface area (Å²) in [5.74, 6) is 0.942. The molecule has 5 aromatic rings. The Labute approximate surface area is 302 Å². The third-order valence-electron chi connectivity index (χ3n) is 9.73. The quantitative estimate of drug-likeness (QED) is 0.0814. The Morgan fingerprint density at radius 1 is 0.627 bits per heavy atom. The first kappa shape index (κ1) is 35.8. The Balaban J connectivity index is 1.20. The van der Waals surface area contributed by atoms with Crippen molar-refractivity contribution in [1.29, 1.82) is 0 Å². The molecule has 0 amide bonds. The number of esters is 1. The highest BCUT2D eigenvalue weighted by molar-refractivity contribution is 5.77. The van der Waals surface area contributed by atoms with Gasteiger partial charge in [-0.25, -0.2) is 4.79 Å². The lowest BCUT2D eigenvalue weighted by atomic mass is 9.87. The van der Waals surface area contributed by atoms with Crippen molar-refractivity contribution in [3.8, 4) is 5.75 Å². The van der Waals surface area contributed by atoms with Gasteiger partial charge in [-0.2, -0.15) is 0 Å². The lowest BCUT2D eigenvalue weighted by Gasteiger charge is -2.23. The van der Waals surface area contributed by atoms with Gasteiger partial charge in [0.2, 0.25) is 0 Å². The van der Waals surface area contributed by atoms with Crippen LogP contribution in [0.3, 0.4) is 0 Å². The first-order valence-electron chi connectivity index (χ1n) is 18.1. The van der Waals surface area contributed by atoms with Crippen LogP contribution in [0.15, 0.2) is 121 Å². The maximum absolute atomic E-state index is 12.3. The van der Waals surface area contributed by atoms with Crippen LogP contribution < -0.4 is 4.74 Å². The molecule has 51 heavy (non-hydrogen) atoms. The molecule has 0 bridgehead atoms. The Morgan fingerprint density at radius 2 is 1.18 bits per heavy atom. The number of benzene rings is 5. The van der Waals surface area contributed by atoms with E-state index in [2.05, 4.69) is 123 Å². The summed E-state index contributed by atoms with van der Waals surface area (Å²) in [5, 5.41) is 0. The molecule has 0 spiro atoms. The number of hydrogen-bond acceptors (Lipinski definition) is 5. The third-order valence-corrected chi connectivity index (χ3v) is 9.73. The van der Waals surface area contributed by atoms with Gasteiger partial charge in [0.1, 0.15) is 18.5 Å². The fraction of sp³-hybridized carbons (Fsp3) is 0.283. The van der Waals surface area contributed by atoms with Crippen LogP contribution in [0.25, 0.3) is 12.2 Å². The van der Waals surface area contributed by atoms with Crippen LogP contribution in [0.5, 0.6) is 5.75 Å². The van der Waals surface area contributed by atoms with Crippen molar-refractivity contribution in [2.24, 2.45) is 0 Å². The second-order valence-electron chi connectivity index (χ2n) is 13.0. The summed E-state index contributed by atoms with van der Waals surface area (Å²) in [5.41, 5.74) is 10.7. The molecule has 0 N–H and O–H groups in total. The molecule has 3 unspecified atom stereocenters. The van der Waals surface area contributed by atoms with Crippen molar-refractivity contribution >= 4 is 18.1 Å². The molecular formula is C46H48O5. The summed E-state index contributed by atoms with van der Waals surface area (Å²) in [6.45, 7) is 9.77. The monoisotopic (exact) mass is 680 g/mol. The molecule has 0 saturated carbocycles. The molecule has 1 aliphatic carbocycles. The molecule has 0 aromatic heterocycles. The SMILES string of the molecule is CCOC(=O)C(Cc1ccc(OCCOC2c3ccc(C(C)c4ccccc4)cc3C=Cc3cc(C(C)c4ccccc4)ccc32)cc1)OCC. The van der Waals surface area contributed by atoms with E-state index in [0.29, 0.717) is 32.8 Å². The third kappa shape index (κ3) is 8.86. The number of fused-ring (bicyclic) bond motifs is 2. The van der Waals surface area contributed by atoms with E-state index >= 15 is 0 Å². The molecule has 0 heterocycles. The number of rotatable bonds is 15. The van der Waals surface area contributed by atoms with Crippen LogP contribution in [-0.2, 0) is 25.4 Å². The fourth-order valence-electron chi connectivity index (χ4n) is 6.79. The Morgan fingerprint density at radius 3 is 1.69 bits per heavy atom. The summed E-state index contributed by atoms with van der Waals surface area (Å²) < 4.78 is 23.7. The molecule has 0 aliphatic heterocycles. The average Bonchev–Trinajstić information content (AvgIpc) is 3.33. The highest BCUT2D eigenvalue weighted by atomic mass is 16.6. The number of carbonyl (C=O) groups is 1. The molecule has 5 heteroatoms. The van der Waals surface area contributed by atoms with Gasteiger partial charge < -0.3 is 18.9 Å². The number of carbonyl (C=O) groups excluding carboxylic acids is 1. The van der Waals surface area contributed by atoms with E-state index in [9.17, 15) is 4.79 Å². The molecule has 0 fully saturated rings. The van der Waals surface area contributed by atoms with E-state index in [1.54, 1.807) is 6.92 Å². The molecule has 1 aliphatic rings. The van der Waals surface area contributed by atoms with Crippen LogP contribution in [-0.4, -0.2) is 38.5 Å². The van der Waals surface area contributed by atoms with Gasteiger partial charge in [0, 0.05) is 24.9 Å². The van der Waals surface area contributed by atoms with Gasteiger partial charge in [0.15, 0.2) is 6.10 Å². The Kier molecular flexibility index (Phi) is 12.2. The van der Waals surface area contributed by atoms with E-state index in [1.165, 1.54) is 33.4 Å².